The summed E-state index contributed by atoms with van der Waals surface area (Å²) < 4.78 is 5.50. The molecule has 0 aromatic rings. The Kier molecular flexibility index (Phi) is 0.972. The van der Waals surface area contributed by atoms with E-state index in [1.54, 1.807) is 0 Å². The number of fused-ring (bicyclic) bond motifs is 2. The molecular weight excluding hydrogens is 136 g/mol. The maximum Gasteiger partial charge on any atom is 0.0922 e. The molecule has 0 aromatic heterocycles. The lowest BCUT2D eigenvalue weighted by molar-refractivity contribution is 0.209. The first-order valence-electron chi connectivity index (χ1n) is 4.60. The van der Waals surface area contributed by atoms with Gasteiger partial charge in [-0.15, -0.1) is 0 Å². The standard InChI is InChI=1S/C10H14O/c1-10(6-11-10)9-5-7-2-3-8(9)4-7/h2-3,7-9H,4-6H2,1H3. The third-order valence-corrected chi connectivity index (χ3v) is 3.66. The highest BCUT2D eigenvalue weighted by Gasteiger charge is 2.53. The molecule has 1 saturated heterocycles. The molecule has 2 bridgehead atoms. The minimum Gasteiger partial charge on any atom is -0.370 e. The van der Waals surface area contributed by atoms with E-state index in [1.165, 1.54) is 12.8 Å². The molecule has 4 unspecified atom stereocenters. The third-order valence-electron chi connectivity index (χ3n) is 3.66. The predicted octanol–water partition coefficient (Wildman–Crippen LogP) is 1.99. The molecule has 0 radical (unpaired) electrons. The Hall–Kier alpha value is -0.300. The van der Waals surface area contributed by atoms with Crippen LogP contribution in [0.4, 0.5) is 0 Å². The summed E-state index contributed by atoms with van der Waals surface area (Å²) in [4.78, 5) is 0. The van der Waals surface area contributed by atoms with Crippen LogP contribution in [0.2, 0.25) is 0 Å². The van der Waals surface area contributed by atoms with Crippen LogP contribution in [0, 0.1) is 17.8 Å². The van der Waals surface area contributed by atoms with Gasteiger partial charge in [-0.05, 0) is 37.5 Å². The van der Waals surface area contributed by atoms with Gasteiger partial charge < -0.3 is 4.74 Å². The second-order valence-electron chi connectivity index (χ2n) is 4.49. The number of epoxide rings is 1. The Bertz CT molecular complexity index is 215. The molecule has 3 rings (SSSR count). The Morgan fingerprint density at radius 2 is 2.18 bits per heavy atom. The molecule has 1 aliphatic heterocycles. The van der Waals surface area contributed by atoms with Crippen LogP contribution in [0.3, 0.4) is 0 Å². The zero-order valence-corrected chi connectivity index (χ0v) is 6.92. The number of rotatable bonds is 1. The summed E-state index contributed by atoms with van der Waals surface area (Å²) in [5.41, 5.74) is 0.282. The molecule has 3 aliphatic rings. The van der Waals surface area contributed by atoms with Crippen LogP contribution in [0.15, 0.2) is 12.2 Å². The Labute approximate surface area is 67.4 Å². The van der Waals surface area contributed by atoms with Gasteiger partial charge in [-0.25, -0.2) is 0 Å². The fourth-order valence-electron chi connectivity index (χ4n) is 2.81. The van der Waals surface area contributed by atoms with Gasteiger partial charge in [-0.2, -0.15) is 0 Å². The van der Waals surface area contributed by atoms with Crippen LogP contribution in [0.25, 0.3) is 0 Å². The van der Waals surface area contributed by atoms with Crippen molar-refractivity contribution in [3.63, 3.8) is 0 Å². The molecule has 2 fully saturated rings. The maximum absolute atomic E-state index is 5.50. The summed E-state index contributed by atoms with van der Waals surface area (Å²) in [7, 11) is 0. The van der Waals surface area contributed by atoms with Gasteiger partial charge in [-0.1, -0.05) is 12.2 Å². The van der Waals surface area contributed by atoms with Gasteiger partial charge in [-0.3, -0.25) is 0 Å². The van der Waals surface area contributed by atoms with E-state index in [2.05, 4.69) is 19.1 Å². The third kappa shape index (κ3) is 0.750. The van der Waals surface area contributed by atoms with E-state index < -0.39 is 0 Å². The number of hydrogen-bond donors (Lipinski definition) is 0. The molecule has 0 N–H and O–H groups in total. The predicted molar refractivity (Wildman–Crippen MR) is 43.2 cm³/mol. The highest BCUT2D eigenvalue weighted by Crippen LogP contribution is 2.53. The Morgan fingerprint density at radius 3 is 2.64 bits per heavy atom. The molecule has 1 nitrogen and oxygen atoms in total. The number of allylic oxidation sites excluding steroid dienone is 2. The van der Waals surface area contributed by atoms with E-state index in [9.17, 15) is 0 Å². The minimum atomic E-state index is 0.282. The molecule has 1 heteroatoms. The average Bonchev–Trinajstić information content (AvgIpc) is 2.52. The summed E-state index contributed by atoms with van der Waals surface area (Å²) in [6, 6.07) is 0. The van der Waals surface area contributed by atoms with Gasteiger partial charge in [0.05, 0.1) is 12.2 Å². The molecule has 1 saturated carbocycles. The summed E-state index contributed by atoms with van der Waals surface area (Å²) in [6.45, 7) is 3.28. The molecule has 1 heterocycles. The van der Waals surface area contributed by atoms with E-state index in [-0.39, 0.29) is 5.60 Å². The zero-order chi connectivity index (χ0) is 7.47. The van der Waals surface area contributed by atoms with E-state index in [0.29, 0.717) is 0 Å². The first-order chi connectivity index (χ1) is 5.28. The van der Waals surface area contributed by atoms with Gasteiger partial charge >= 0.3 is 0 Å². The first-order valence-corrected chi connectivity index (χ1v) is 4.60. The molecule has 2 aliphatic carbocycles. The molecule has 4 atom stereocenters. The quantitative estimate of drug-likeness (QED) is 0.411. The topological polar surface area (TPSA) is 12.5 Å². The average molecular weight is 150 g/mol. The van der Waals surface area contributed by atoms with E-state index in [1.807, 2.05) is 0 Å². The van der Waals surface area contributed by atoms with Crippen LogP contribution in [0.5, 0.6) is 0 Å². The van der Waals surface area contributed by atoms with Crippen molar-refractivity contribution in [3.8, 4) is 0 Å². The van der Waals surface area contributed by atoms with Crippen molar-refractivity contribution in [1.29, 1.82) is 0 Å². The van der Waals surface area contributed by atoms with Crippen LogP contribution in [-0.4, -0.2) is 12.2 Å². The minimum absolute atomic E-state index is 0.282. The normalized spacial score (nSPS) is 58.8. The van der Waals surface area contributed by atoms with Crippen molar-refractivity contribution in [2.45, 2.75) is 25.4 Å². The van der Waals surface area contributed by atoms with Crippen molar-refractivity contribution in [2.24, 2.45) is 17.8 Å². The second kappa shape index (κ2) is 1.71. The summed E-state index contributed by atoms with van der Waals surface area (Å²) in [5.74, 6) is 2.59. The van der Waals surface area contributed by atoms with Crippen LogP contribution >= 0.6 is 0 Å². The number of hydrogen-bond acceptors (Lipinski definition) is 1. The number of ether oxygens (including phenoxy) is 1. The lowest BCUT2D eigenvalue weighted by Gasteiger charge is -2.21. The van der Waals surface area contributed by atoms with E-state index >= 15 is 0 Å². The van der Waals surface area contributed by atoms with Crippen molar-refractivity contribution < 1.29 is 4.74 Å². The van der Waals surface area contributed by atoms with Gasteiger partial charge in [0.1, 0.15) is 0 Å². The summed E-state index contributed by atoms with van der Waals surface area (Å²) in [5, 5.41) is 0. The van der Waals surface area contributed by atoms with Gasteiger partial charge in [0.25, 0.3) is 0 Å². The smallest absolute Gasteiger partial charge is 0.0922 e. The monoisotopic (exact) mass is 150 g/mol. The molecule has 60 valence electrons. The lowest BCUT2D eigenvalue weighted by Crippen LogP contribution is -2.24. The SMILES string of the molecule is CC1(C2CC3C=CC2C3)CO1. The van der Waals surface area contributed by atoms with Crippen LogP contribution in [0.1, 0.15) is 19.8 Å². The molecule has 11 heavy (non-hydrogen) atoms. The maximum atomic E-state index is 5.50. The van der Waals surface area contributed by atoms with Crippen molar-refractivity contribution in [2.75, 3.05) is 6.61 Å². The molecule has 0 aromatic carbocycles. The zero-order valence-electron chi connectivity index (χ0n) is 6.92. The lowest BCUT2D eigenvalue weighted by atomic mass is 9.83. The van der Waals surface area contributed by atoms with Gasteiger partial charge in [0, 0.05) is 0 Å². The van der Waals surface area contributed by atoms with Gasteiger partial charge in [0.2, 0.25) is 0 Å². The summed E-state index contributed by atoms with van der Waals surface area (Å²) in [6.07, 6.45) is 7.60. The fourth-order valence-corrected chi connectivity index (χ4v) is 2.81. The largest absolute Gasteiger partial charge is 0.370 e. The first kappa shape index (κ1) is 6.24. The Morgan fingerprint density at radius 1 is 1.36 bits per heavy atom. The van der Waals surface area contributed by atoms with Crippen molar-refractivity contribution in [1.82, 2.24) is 0 Å². The van der Waals surface area contributed by atoms with Crippen LogP contribution < -0.4 is 0 Å². The fraction of sp³-hybridized carbons (Fsp3) is 0.800. The summed E-state index contributed by atoms with van der Waals surface area (Å²) >= 11 is 0. The second-order valence-corrected chi connectivity index (χ2v) is 4.49. The highest BCUT2D eigenvalue weighted by molar-refractivity contribution is 5.15. The van der Waals surface area contributed by atoms with E-state index in [0.717, 1.165) is 24.4 Å². The molecular formula is C10H14O. The molecule has 0 spiro atoms. The van der Waals surface area contributed by atoms with Crippen molar-refractivity contribution >= 4 is 0 Å². The highest BCUT2D eigenvalue weighted by atomic mass is 16.6. The Balaban J connectivity index is 1.86. The molecule has 0 amide bonds. The van der Waals surface area contributed by atoms with Crippen LogP contribution in [-0.2, 0) is 4.74 Å². The van der Waals surface area contributed by atoms with Gasteiger partial charge in [0.15, 0.2) is 0 Å². The van der Waals surface area contributed by atoms with Crippen molar-refractivity contribution in [3.05, 3.63) is 12.2 Å². The van der Waals surface area contributed by atoms with E-state index in [4.69, 9.17) is 4.74 Å².